The molecule has 0 bridgehead atoms. The van der Waals surface area contributed by atoms with E-state index in [1.165, 1.54) is 11.1 Å². The van der Waals surface area contributed by atoms with Gasteiger partial charge in [-0.25, -0.2) is 0 Å². The zero-order chi connectivity index (χ0) is 16.6. The molecule has 128 valence electrons. The van der Waals surface area contributed by atoms with Crippen LogP contribution in [0.3, 0.4) is 0 Å². The summed E-state index contributed by atoms with van der Waals surface area (Å²) >= 11 is 0. The molecule has 24 heavy (non-hydrogen) atoms. The molecule has 0 radical (unpaired) electrons. The molecule has 5 heteroatoms. The summed E-state index contributed by atoms with van der Waals surface area (Å²) in [7, 11) is 1.71. The Hall–Kier alpha value is -1.82. The first-order valence-electron chi connectivity index (χ1n) is 8.49. The van der Waals surface area contributed by atoms with Gasteiger partial charge in [0.1, 0.15) is 0 Å². The van der Waals surface area contributed by atoms with Gasteiger partial charge in [-0.05, 0) is 48.2 Å². The summed E-state index contributed by atoms with van der Waals surface area (Å²) in [6.45, 7) is 3.28. The molecule has 3 rings (SSSR count). The maximum Gasteiger partial charge on any atom is 0.0746 e. The van der Waals surface area contributed by atoms with E-state index in [4.69, 9.17) is 9.47 Å². The molecule has 0 N–H and O–H groups in total. The minimum absolute atomic E-state index is 0.246. The summed E-state index contributed by atoms with van der Waals surface area (Å²) in [5.41, 5.74) is 2.60. The first-order chi connectivity index (χ1) is 11.9. The van der Waals surface area contributed by atoms with Crippen molar-refractivity contribution in [3.63, 3.8) is 0 Å². The third kappa shape index (κ3) is 4.60. The fraction of sp³-hybridized carbons (Fsp3) is 0.474. The van der Waals surface area contributed by atoms with E-state index in [0.717, 1.165) is 25.9 Å². The Morgan fingerprint density at radius 2 is 1.67 bits per heavy atom. The van der Waals surface area contributed by atoms with E-state index in [1.54, 1.807) is 7.11 Å². The van der Waals surface area contributed by atoms with Crippen LogP contribution in [0.1, 0.15) is 17.5 Å². The Morgan fingerprint density at radius 1 is 1.00 bits per heavy atom. The molecule has 5 nitrogen and oxygen atoms in total. The van der Waals surface area contributed by atoms with Crippen LogP contribution in [-0.4, -0.2) is 53.9 Å². The average molecular weight is 327 g/mol. The number of methoxy groups -OCH3 is 1. The van der Waals surface area contributed by atoms with Crippen molar-refractivity contribution < 1.29 is 9.47 Å². The van der Waals surface area contributed by atoms with Crippen molar-refractivity contribution in [1.82, 2.24) is 14.9 Å². The highest BCUT2D eigenvalue weighted by Crippen LogP contribution is 2.26. The maximum atomic E-state index is 6.10. The lowest BCUT2D eigenvalue weighted by Gasteiger charge is -2.28. The summed E-state index contributed by atoms with van der Waals surface area (Å²) < 4.78 is 11.2. The number of aromatic nitrogens is 2. The fourth-order valence-electron chi connectivity index (χ4n) is 3.30. The van der Waals surface area contributed by atoms with Gasteiger partial charge in [0.25, 0.3) is 0 Å². The summed E-state index contributed by atoms with van der Waals surface area (Å²) in [4.78, 5) is 10.7. The predicted octanol–water partition coefficient (Wildman–Crippen LogP) is 2.33. The molecule has 1 aliphatic rings. The molecule has 2 atom stereocenters. The first-order valence-corrected chi connectivity index (χ1v) is 8.49. The number of ether oxygens (including phenoxy) is 2. The van der Waals surface area contributed by atoms with E-state index in [2.05, 4.69) is 39.1 Å². The zero-order valence-corrected chi connectivity index (χ0v) is 14.2. The Kier molecular flexibility index (Phi) is 6.29. The molecule has 0 spiro atoms. The Balaban J connectivity index is 1.69. The van der Waals surface area contributed by atoms with Crippen molar-refractivity contribution in [2.45, 2.75) is 31.5 Å². The monoisotopic (exact) mass is 327 g/mol. The van der Waals surface area contributed by atoms with Gasteiger partial charge in [-0.3, -0.25) is 14.9 Å². The molecule has 2 aromatic rings. The number of likely N-dealkylation sites (tertiary alicyclic amines) is 1. The van der Waals surface area contributed by atoms with Crippen molar-refractivity contribution in [3.05, 3.63) is 60.2 Å². The summed E-state index contributed by atoms with van der Waals surface area (Å²) in [5, 5.41) is 0. The zero-order valence-electron chi connectivity index (χ0n) is 14.2. The van der Waals surface area contributed by atoms with E-state index in [1.807, 2.05) is 24.8 Å². The summed E-state index contributed by atoms with van der Waals surface area (Å²) in [6.07, 6.45) is 9.72. The van der Waals surface area contributed by atoms with Crippen molar-refractivity contribution in [2.75, 3.05) is 26.9 Å². The predicted molar refractivity (Wildman–Crippen MR) is 92.6 cm³/mol. The highest BCUT2D eigenvalue weighted by atomic mass is 16.5. The van der Waals surface area contributed by atoms with Gasteiger partial charge in [0.15, 0.2) is 0 Å². The minimum Gasteiger partial charge on any atom is -0.382 e. The lowest BCUT2D eigenvalue weighted by molar-refractivity contribution is -0.00131. The summed E-state index contributed by atoms with van der Waals surface area (Å²) in [5.74, 6) is 0. The van der Waals surface area contributed by atoms with Crippen molar-refractivity contribution in [2.24, 2.45) is 0 Å². The average Bonchev–Trinajstić information content (AvgIpc) is 2.99. The Morgan fingerprint density at radius 3 is 2.33 bits per heavy atom. The van der Waals surface area contributed by atoms with Gasteiger partial charge >= 0.3 is 0 Å². The van der Waals surface area contributed by atoms with Crippen LogP contribution in [0.4, 0.5) is 0 Å². The first kappa shape index (κ1) is 17.0. The topological polar surface area (TPSA) is 47.5 Å². The van der Waals surface area contributed by atoms with E-state index in [0.29, 0.717) is 19.3 Å². The lowest BCUT2D eigenvalue weighted by Crippen LogP contribution is -2.38. The number of pyridine rings is 2. The highest BCUT2D eigenvalue weighted by Gasteiger charge is 2.34. The third-order valence-electron chi connectivity index (χ3n) is 4.55. The molecule has 1 aliphatic heterocycles. The van der Waals surface area contributed by atoms with Crippen LogP contribution in [0.25, 0.3) is 0 Å². The van der Waals surface area contributed by atoms with Crippen LogP contribution >= 0.6 is 0 Å². The van der Waals surface area contributed by atoms with Crippen molar-refractivity contribution in [1.29, 1.82) is 0 Å². The fourth-order valence-corrected chi connectivity index (χ4v) is 3.30. The molecular weight excluding hydrogens is 302 g/mol. The smallest absolute Gasteiger partial charge is 0.0746 e. The quantitative estimate of drug-likeness (QED) is 0.697. The SMILES string of the molecule is COCCO[C@@H]1CCN(Cc2ccncc2)[C@H]1Cc1ccncc1. The standard InChI is InChI=1S/C19H25N3O2/c1-23-12-13-24-19-6-11-22(15-17-4-9-21-10-5-17)18(19)14-16-2-7-20-8-3-16/h2-5,7-10,18-19H,6,11-15H2,1H3/t18-,19+/m0/s1. The van der Waals surface area contributed by atoms with Gasteiger partial charge in [-0.1, -0.05) is 0 Å². The normalized spacial score (nSPS) is 21.2. The molecule has 0 aromatic carbocycles. The van der Waals surface area contributed by atoms with E-state index in [-0.39, 0.29) is 6.10 Å². The van der Waals surface area contributed by atoms with E-state index in [9.17, 15) is 0 Å². The number of rotatable bonds is 8. The van der Waals surface area contributed by atoms with Gasteiger partial charge < -0.3 is 9.47 Å². The van der Waals surface area contributed by atoms with Gasteiger partial charge in [0.2, 0.25) is 0 Å². The van der Waals surface area contributed by atoms with Gasteiger partial charge in [0.05, 0.1) is 19.3 Å². The number of hydrogen-bond donors (Lipinski definition) is 0. The van der Waals surface area contributed by atoms with Crippen LogP contribution in [0.2, 0.25) is 0 Å². The second-order valence-electron chi connectivity index (χ2n) is 6.14. The van der Waals surface area contributed by atoms with Crippen LogP contribution in [0.5, 0.6) is 0 Å². The van der Waals surface area contributed by atoms with Gasteiger partial charge in [-0.15, -0.1) is 0 Å². The highest BCUT2D eigenvalue weighted by molar-refractivity contribution is 5.15. The molecule has 3 heterocycles. The Bertz CT molecular complexity index is 594. The number of hydrogen-bond acceptors (Lipinski definition) is 5. The minimum atomic E-state index is 0.246. The van der Waals surface area contributed by atoms with Crippen LogP contribution in [-0.2, 0) is 22.4 Å². The Labute approximate surface area is 143 Å². The molecule has 1 fully saturated rings. The molecule has 0 amide bonds. The second-order valence-corrected chi connectivity index (χ2v) is 6.14. The second kappa shape index (κ2) is 8.87. The third-order valence-corrected chi connectivity index (χ3v) is 4.55. The molecule has 2 aromatic heterocycles. The lowest BCUT2D eigenvalue weighted by atomic mass is 10.0. The maximum absolute atomic E-state index is 6.10. The molecule has 0 unspecified atom stereocenters. The molecular formula is C19H25N3O2. The van der Waals surface area contributed by atoms with E-state index < -0.39 is 0 Å². The van der Waals surface area contributed by atoms with Crippen molar-refractivity contribution in [3.8, 4) is 0 Å². The van der Waals surface area contributed by atoms with Crippen LogP contribution < -0.4 is 0 Å². The van der Waals surface area contributed by atoms with Gasteiger partial charge in [-0.2, -0.15) is 0 Å². The largest absolute Gasteiger partial charge is 0.382 e. The summed E-state index contributed by atoms with van der Waals surface area (Å²) in [6, 6.07) is 8.73. The van der Waals surface area contributed by atoms with E-state index >= 15 is 0 Å². The number of nitrogens with zero attached hydrogens (tertiary/aromatic N) is 3. The van der Waals surface area contributed by atoms with Gasteiger partial charge in [0, 0.05) is 51.0 Å². The van der Waals surface area contributed by atoms with Crippen molar-refractivity contribution >= 4 is 0 Å². The van der Waals surface area contributed by atoms with Crippen LogP contribution in [0.15, 0.2) is 49.1 Å². The molecule has 0 aliphatic carbocycles. The molecule has 1 saturated heterocycles. The van der Waals surface area contributed by atoms with Crippen LogP contribution in [0, 0.1) is 0 Å². The molecule has 0 saturated carbocycles.